The Labute approximate surface area is 132 Å². The summed E-state index contributed by atoms with van der Waals surface area (Å²) in [5.74, 6) is 0. The van der Waals surface area contributed by atoms with E-state index in [0.717, 1.165) is 4.88 Å². The summed E-state index contributed by atoms with van der Waals surface area (Å²) in [7, 11) is -1.54. The summed E-state index contributed by atoms with van der Waals surface area (Å²) < 4.78 is 27.5. The molecule has 0 amide bonds. The molecule has 7 heteroatoms. The Kier molecular flexibility index (Phi) is 7.29. The van der Waals surface area contributed by atoms with Crippen LogP contribution in [0.5, 0.6) is 0 Å². The van der Waals surface area contributed by atoms with Crippen molar-refractivity contribution in [3.05, 3.63) is 17.0 Å². The maximum Gasteiger partial charge on any atom is 0.250 e. The second kappa shape index (κ2) is 8.24. The van der Waals surface area contributed by atoms with Crippen LogP contribution < -0.4 is 10.0 Å². The summed E-state index contributed by atoms with van der Waals surface area (Å²) in [5, 5.41) is 3.02. The summed E-state index contributed by atoms with van der Waals surface area (Å²) in [6, 6.07) is 4.32. The van der Waals surface area contributed by atoms with Gasteiger partial charge in [-0.2, -0.15) is 0 Å². The SMILES string of the molecule is CNCc1ccc(S(=O)(=O)NCCN(C(C)C)C(C)C)s1. The van der Waals surface area contributed by atoms with E-state index in [4.69, 9.17) is 0 Å². The van der Waals surface area contributed by atoms with Gasteiger partial charge in [0.2, 0.25) is 10.0 Å². The summed E-state index contributed by atoms with van der Waals surface area (Å²) in [6.45, 7) is 10.3. The molecule has 5 nitrogen and oxygen atoms in total. The zero-order chi connectivity index (χ0) is 16.0. The number of hydrogen-bond donors (Lipinski definition) is 2. The summed E-state index contributed by atoms with van der Waals surface area (Å²) in [6.07, 6.45) is 0. The first-order chi connectivity index (χ1) is 9.77. The molecule has 0 radical (unpaired) electrons. The molecule has 0 spiro atoms. The van der Waals surface area contributed by atoms with Crippen LogP contribution in [0.4, 0.5) is 0 Å². The zero-order valence-electron chi connectivity index (χ0n) is 13.5. The largest absolute Gasteiger partial charge is 0.315 e. The van der Waals surface area contributed by atoms with Crippen molar-refractivity contribution in [2.45, 2.75) is 50.5 Å². The van der Waals surface area contributed by atoms with Gasteiger partial charge in [-0.25, -0.2) is 13.1 Å². The van der Waals surface area contributed by atoms with Gasteiger partial charge in [-0.1, -0.05) is 0 Å². The van der Waals surface area contributed by atoms with Gasteiger partial charge in [0, 0.05) is 36.6 Å². The number of rotatable bonds is 9. The van der Waals surface area contributed by atoms with Gasteiger partial charge >= 0.3 is 0 Å². The molecular weight excluding hydrogens is 306 g/mol. The number of nitrogens with one attached hydrogen (secondary N) is 2. The summed E-state index contributed by atoms with van der Waals surface area (Å²) >= 11 is 1.31. The average molecular weight is 334 g/mol. The molecule has 122 valence electrons. The lowest BCUT2D eigenvalue weighted by molar-refractivity contribution is 0.179. The highest BCUT2D eigenvalue weighted by atomic mass is 32.2. The van der Waals surface area contributed by atoms with Crippen LogP contribution in [-0.4, -0.2) is 45.5 Å². The van der Waals surface area contributed by atoms with E-state index in [0.29, 0.717) is 35.9 Å². The molecule has 0 aliphatic rings. The molecule has 0 unspecified atom stereocenters. The normalized spacial score (nSPS) is 12.8. The molecule has 0 aliphatic carbocycles. The molecule has 21 heavy (non-hydrogen) atoms. The van der Waals surface area contributed by atoms with Crippen molar-refractivity contribution in [2.75, 3.05) is 20.1 Å². The Bertz CT molecular complexity index is 516. The molecule has 0 atom stereocenters. The Morgan fingerprint density at radius 3 is 2.33 bits per heavy atom. The van der Waals surface area contributed by atoms with Gasteiger partial charge in [0.1, 0.15) is 4.21 Å². The summed E-state index contributed by atoms with van der Waals surface area (Å²) in [4.78, 5) is 3.28. The fraction of sp³-hybridized carbons (Fsp3) is 0.714. The third-order valence-corrected chi connectivity index (χ3v) is 6.28. The van der Waals surface area contributed by atoms with Crippen molar-refractivity contribution in [1.29, 1.82) is 0 Å². The maximum atomic E-state index is 12.2. The molecule has 0 aromatic carbocycles. The Hall–Kier alpha value is -0.470. The Balaban J connectivity index is 2.60. The molecule has 1 aromatic rings. The summed E-state index contributed by atoms with van der Waals surface area (Å²) in [5.41, 5.74) is 0. The minimum absolute atomic E-state index is 0.383. The van der Waals surface area contributed by atoms with E-state index in [9.17, 15) is 8.42 Å². The van der Waals surface area contributed by atoms with E-state index in [-0.39, 0.29) is 0 Å². The first-order valence-electron chi connectivity index (χ1n) is 7.26. The Morgan fingerprint density at radius 2 is 1.81 bits per heavy atom. The van der Waals surface area contributed by atoms with Gasteiger partial charge in [-0.15, -0.1) is 11.3 Å². The molecule has 1 heterocycles. The van der Waals surface area contributed by atoms with Crippen molar-refractivity contribution in [3.8, 4) is 0 Å². The molecule has 1 aromatic heterocycles. The number of thiophene rings is 1. The van der Waals surface area contributed by atoms with Crippen LogP contribution in [-0.2, 0) is 16.6 Å². The number of hydrogen-bond acceptors (Lipinski definition) is 5. The third-order valence-electron chi connectivity index (χ3n) is 3.24. The second-order valence-electron chi connectivity index (χ2n) is 5.57. The monoisotopic (exact) mass is 333 g/mol. The fourth-order valence-electron chi connectivity index (χ4n) is 2.26. The molecular formula is C14H27N3O2S2. The van der Waals surface area contributed by atoms with Crippen LogP contribution >= 0.6 is 11.3 Å². The zero-order valence-corrected chi connectivity index (χ0v) is 15.1. The molecule has 0 saturated heterocycles. The predicted octanol–water partition coefficient (Wildman–Crippen LogP) is 1.86. The smallest absolute Gasteiger partial charge is 0.250 e. The van der Waals surface area contributed by atoms with Crippen LogP contribution in [0.15, 0.2) is 16.3 Å². The molecule has 0 aliphatic heterocycles. The highest BCUT2D eigenvalue weighted by Crippen LogP contribution is 2.21. The van der Waals surface area contributed by atoms with Crippen molar-refractivity contribution < 1.29 is 8.42 Å². The minimum Gasteiger partial charge on any atom is -0.315 e. The highest BCUT2D eigenvalue weighted by Gasteiger charge is 2.18. The standard InChI is InChI=1S/C14H27N3O2S2/c1-11(2)17(12(3)4)9-8-16-21(18,19)14-7-6-13(20-14)10-15-5/h6-7,11-12,15-16H,8-10H2,1-5H3. The van der Waals surface area contributed by atoms with Crippen LogP contribution in [0, 0.1) is 0 Å². The topological polar surface area (TPSA) is 61.4 Å². The molecule has 0 fully saturated rings. The van der Waals surface area contributed by atoms with Gasteiger partial charge in [0.05, 0.1) is 0 Å². The van der Waals surface area contributed by atoms with Gasteiger partial charge in [-0.05, 0) is 46.9 Å². The van der Waals surface area contributed by atoms with E-state index in [1.807, 2.05) is 13.1 Å². The quantitative estimate of drug-likeness (QED) is 0.724. The number of sulfonamides is 1. The van der Waals surface area contributed by atoms with Crippen LogP contribution in [0.25, 0.3) is 0 Å². The van der Waals surface area contributed by atoms with E-state index >= 15 is 0 Å². The van der Waals surface area contributed by atoms with Crippen LogP contribution in [0.2, 0.25) is 0 Å². The van der Waals surface area contributed by atoms with E-state index in [2.05, 4.69) is 42.6 Å². The highest BCUT2D eigenvalue weighted by molar-refractivity contribution is 7.91. The van der Waals surface area contributed by atoms with Crippen molar-refractivity contribution in [2.24, 2.45) is 0 Å². The van der Waals surface area contributed by atoms with E-state index < -0.39 is 10.0 Å². The lowest BCUT2D eigenvalue weighted by Crippen LogP contribution is -2.42. The van der Waals surface area contributed by atoms with E-state index in [1.165, 1.54) is 11.3 Å². The number of nitrogens with zero attached hydrogens (tertiary/aromatic N) is 1. The van der Waals surface area contributed by atoms with Gasteiger partial charge in [-0.3, -0.25) is 4.90 Å². The van der Waals surface area contributed by atoms with Gasteiger partial charge in [0.15, 0.2) is 0 Å². The van der Waals surface area contributed by atoms with Crippen molar-refractivity contribution in [1.82, 2.24) is 14.9 Å². The molecule has 0 bridgehead atoms. The molecule has 0 saturated carbocycles. The lowest BCUT2D eigenvalue weighted by atomic mass is 10.2. The van der Waals surface area contributed by atoms with Crippen LogP contribution in [0.1, 0.15) is 32.6 Å². The van der Waals surface area contributed by atoms with E-state index in [1.54, 1.807) is 6.07 Å². The lowest BCUT2D eigenvalue weighted by Gasteiger charge is -2.30. The first-order valence-corrected chi connectivity index (χ1v) is 9.56. The van der Waals surface area contributed by atoms with Crippen molar-refractivity contribution >= 4 is 21.4 Å². The molecule has 1 rings (SSSR count). The first kappa shape index (κ1) is 18.6. The van der Waals surface area contributed by atoms with Gasteiger partial charge in [0.25, 0.3) is 0 Å². The van der Waals surface area contributed by atoms with Crippen molar-refractivity contribution in [3.63, 3.8) is 0 Å². The second-order valence-corrected chi connectivity index (χ2v) is 8.74. The molecule has 2 N–H and O–H groups in total. The predicted molar refractivity (Wildman–Crippen MR) is 89.2 cm³/mol. The third kappa shape index (κ3) is 5.67. The van der Waals surface area contributed by atoms with Gasteiger partial charge < -0.3 is 5.32 Å². The fourth-order valence-corrected chi connectivity index (χ4v) is 4.70. The minimum atomic E-state index is -3.39. The Morgan fingerprint density at radius 1 is 1.19 bits per heavy atom. The maximum absolute atomic E-state index is 12.2. The van der Waals surface area contributed by atoms with Crippen LogP contribution in [0.3, 0.4) is 0 Å². The average Bonchev–Trinajstić information content (AvgIpc) is 2.83.